The highest BCUT2D eigenvalue weighted by Crippen LogP contribution is 2.29. The zero-order valence-corrected chi connectivity index (χ0v) is 17.8. The third kappa shape index (κ3) is 4.33. The molecular weight excluding hydrogens is 378 g/mol. The van der Waals surface area contributed by atoms with Crippen LogP contribution in [0.15, 0.2) is 42.5 Å². The molecule has 30 heavy (non-hydrogen) atoms. The summed E-state index contributed by atoms with van der Waals surface area (Å²) in [6.45, 7) is 6.51. The van der Waals surface area contributed by atoms with E-state index in [1.165, 1.54) is 5.56 Å². The van der Waals surface area contributed by atoms with Gasteiger partial charge in [0.15, 0.2) is 0 Å². The first kappa shape index (κ1) is 20.4. The standard InChI is InChI=1S/C24H29N3O3/c1-18(28)27-13-10-20-16-21(6-9-23(20)27)24(29)26-12-3-11-25(14-15-26)17-19-4-7-22(30-2)8-5-19/h4-9,16H,3,10-15,17H2,1-2H3. The van der Waals surface area contributed by atoms with Crippen LogP contribution in [-0.4, -0.2) is 61.4 Å². The van der Waals surface area contributed by atoms with E-state index in [4.69, 9.17) is 4.74 Å². The SMILES string of the molecule is COc1ccc(CN2CCCN(C(=O)c3ccc4c(c3)CCN4C(C)=O)CC2)cc1. The van der Waals surface area contributed by atoms with Crippen LogP contribution in [0.2, 0.25) is 0 Å². The van der Waals surface area contributed by atoms with E-state index >= 15 is 0 Å². The molecule has 0 aromatic heterocycles. The average molecular weight is 408 g/mol. The molecule has 1 saturated heterocycles. The molecular formula is C24H29N3O3. The number of benzene rings is 2. The summed E-state index contributed by atoms with van der Waals surface area (Å²) >= 11 is 0. The Kier molecular flexibility index (Phi) is 6.04. The molecule has 2 amide bonds. The van der Waals surface area contributed by atoms with Gasteiger partial charge in [-0.25, -0.2) is 0 Å². The average Bonchev–Trinajstić information content (AvgIpc) is 3.06. The maximum atomic E-state index is 13.1. The molecule has 4 rings (SSSR count). The fourth-order valence-corrected chi connectivity index (χ4v) is 4.37. The maximum Gasteiger partial charge on any atom is 0.253 e. The quantitative estimate of drug-likeness (QED) is 0.782. The molecule has 6 nitrogen and oxygen atoms in total. The molecule has 0 bridgehead atoms. The molecule has 0 N–H and O–H groups in total. The Labute approximate surface area is 178 Å². The summed E-state index contributed by atoms with van der Waals surface area (Å²) in [6.07, 6.45) is 1.77. The van der Waals surface area contributed by atoms with Gasteiger partial charge in [0.2, 0.25) is 5.91 Å². The molecule has 0 unspecified atom stereocenters. The molecule has 2 aliphatic heterocycles. The predicted octanol–water partition coefficient (Wildman–Crippen LogP) is 2.95. The van der Waals surface area contributed by atoms with Crippen molar-refractivity contribution in [3.63, 3.8) is 0 Å². The van der Waals surface area contributed by atoms with Crippen molar-refractivity contribution in [2.45, 2.75) is 26.3 Å². The highest BCUT2D eigenvalue weighted by atomic mass is 16.5. The predicted molar refractivity (Wildman–Crippen MR) is 117 cm³/mol. The molecule has 0 spiro atoms. The van der Waals surface area contributed by atoms with Crippen LogP contribution in [0.1, 0.15) is 34.8 Å². The van der Waals surface area contributed by atoms with Crippen LogP contribution >= 0.6 is 0 Å². The number of carbonyl (C=O) groups excluding carboxylic acids is 2. The Morgan fingerprint density at radius 3 is 2.50 bits per heavy atom. The molecule has 0 atom stereocenters. The maximum absolute atomic E-state index is 13.1. The number of carbonyl (C=O) groups is 2. The first-order chi connectivity index (χ1) is 14.5. The second kappa shape index (κ2) is 8.88. The van der Waals surface area contributed by atoms with Crippen molar-refractivity contribution < 1.29 is 14.3 Å². The van der Waals surface area contributed by atoms with E-state index in [1.807, 2.05) is 35.2 Å². The molecule has 0 saturated carbocycles. The molecule has 2 aliphatic rings. The fraction of sp³-hybridized carbons (Fsp3) is 0.417. The van der Waals surface area contributed by atoms with Crippen LogP contribution in [0.3, 0.4) is 0 Å². The van der Waals surface area contributed by atoms with Gasteiger partial charge < -0.3 is 14.5 Å². The summed E-state index contributed by atoms with van der Waals surface area (Å²) in [5.41, 5.74) is 4.01. The Morgan fingerprint density at radius 2 is 1.77 bits per heavy atom. The van der Waals surface area contributed by atoms with Crippen molar-refractivity contribution in [2.75, 3.05) is 44.7 Å². The number of anilines is 1. The van der Waals surface area contributed by atoms with E-state index in [0.29, 0.717) is 6.54 Å². The van der Waals surface area contributed by atoms with Crippen LogP contribution in [0, 0.1) is 0 Å². The number of ether oxygens (including phenoxy) is 1. The zero-order chi connectivity index (χ0) is 21.1. The van der Waals surface area contributed by atoms with E-state index < -0.39 is 0 Å². The smallest absolute Gasteiger partial charge is 0.253 e. The summed E-state index contributed by atoms with van der Waals surface area (Å²) in [6, 6.07) is 13.9. The molecule has 0 radical (unpaired) electrons. The van der Waals surface area contributed by atoms with Crippen molar-refractivity contribution in [3.05, 3.63) is 59.2 Å². The van der Waals surface area contributed by atoms with E-state index in [0.717, 1.165) is 68.1 Å². The van der Waals surface area contributed by atoms with Crippen LogP contribution in [0.4, 0.5) is 5.69 Å². The van der Waals surface area contributed by atoms with Gasteiger partial charge in [0.25, 0.3) is 5.91 Å². The van der Waals surface area contributed by atoms with Crippen molar-refractivity contribution >= 4 is 17.5 Å². The van der Waals surface area contributed by atoms with Gasteiger partial charge in [0.1, 0.15) is 5.75 Å². The molecule has 6 heteroatoms. The molecule has 2 aromatic carbocycles. The van der Waals surface area contributed by atoms with Gasteiger partial charge in [-0.2, -0.15) is 0 Å². The second-order valence-electron chi connectivity index (χ2n) is 8.03. The lowest BCUT2D eigenvalue weighted by molar-refractivity contribution is -0.116. The third-order valence-electron chi connectivity index (χ3n) is 6.04. The second-order valence-corrected chi connectivity index (χ2v) is 8.03. The topological polar surface area (TPSA) is 53.1 Å². The lowest BCUT2D eigenvalue weighted by Gasteiger charge is -2.22. The molecule has 0 aliphatic carbocycles. The number of fused-ring (bicyclic) bond motifs is 1. The van der Waals surface area contributed by atoms with E-state index in [9.17, 15) is 9.59 Å². The Morgan fingerprint density at radius 1 is 0.967 bits per heavy atom. The molecule has 2 aromatic rings. The van der Waals surface area contributed by atoms with E-state index in [1.54, 1.807) is 18.9 Å². The number of rotatable bonds is 4. The molecule has 2 heterocycles. The van der Waals surface area contributed by atoms with Gasteiger partial charge in [0, 0.05) is 57.4 Å². The summed E-state index contributed by atoms with van der Waals surface area (Å²) in [5, 5.41) is 0. The van der Waals surface area contributed by atoms with Gasteiger partial charge in [0.05, 0.1) is 7.11 Å². The van der Waals surface area contributed by atoms with Gasteiger partial charge in [-0.15, -0.1) is 0 Å². The Hall–Kier alpha value is -2.86. The number of hydrogen-bond acceptors (Lipinski definition) is 4. The summed E-state index contributed by atoms with van der Waals surface area (Å²) in [5.74, 6) is 1.01. The first-order valence-corrected chi connectivity index (χ1v) is 10.6. The lowest BCUT2D eigenvalue weighted by atomic mass is 10.1. The molecule has 1 fully saturated rings. The van der Waals surface area contributed by atoms with E-state index in [2.05, 4.69) is 17.0 Å². The zero-order valence-electron chi connectivity index (χ0n) is 17.8. The van der Waals surface area contributed by atoms with Crippen molar-refractivity contribution in [2.24, 2.45) is 0 Å². The van der Waals surface area contributed by atoms with Gasteiger partial charge in [-0.05, 0) is 54.3 Å². The largest absolute Gasteiger partial charge is 0.497 e. The summed E-state index contributed by atoms with van der Waals surface area (Å²) < 4.78 is 5.23. The minimum atomic E-state index is 0.0531. The van der Waals surface area contributed by atoms with E-state index in [-0.39, 0.29) is 11.8 Å². The highest BCUT2D eigenvalue weighted by molar-refractivity contribution is 5.97. The Bertz CT molecular complexity index is 926. The number of methoxy groups -OCH3 is 1. The summed E-state index contributed by atoms with van der Waals surface area (Å²) in [7, 11) is 1.68. The van der Waals surface area contributed by atoms with Gasteiger partial charge in [-0.3, -0.25) is 14.5 Å². The van der Waals surface area contributed by atoms with Crippen molar-refractivity contribution in [1.82, 2.24) is 9.80 Å². The van der Waals surface area contributed by atoms with Crippen LogP contribution in [0.25, 0.3) is 0 Å². The van der Waals surface area contributed by atoms with Crippen molar-refractivity contribution in [1.29, 1.82) is 0 Å². The molecule has 158 valence electrons. The van der Waals surface area contributed by atoms with Crippen molar-refractivity contribution in [3.8, 4) is 5.75 Å². The van der Waals surface area contributed by atoms with Crippen LogP contribution in [-0.2, 0) is 17.8 Å². The van der Waals surface area contributed by atoms with Gasteiger partial charge in [-0.1, -0.05) is 12.1 Å². The normalized spacial score (nSPS) is 16.9. The Balaban J connectivity index is 1.38. The fourth-order valence-electron chi connectivity index (χ4n) is 4.37. The van der Waals surface area contributed by atoms with Crippen LogP contribution in [0.5, 0.6) is 5.75 Å². The first-order valence-electron chi connectivity index (χ1n) is 10.6. The van der Waals surface area contributed by atoms with Crippen LogP contribution < -0.4 is 9.64 Å². The number of hydrogen-bond donors (Lipinski definition) is 0. The minimum absolute atomic E-state index is 0.0531. The number of nitrogens with zero attached hydrogens (tertiary/aromatic N) is 3. The van der Waals surface area contributed by atoms with Gasteiger partial charge >= 0.3 is 0 Å². The highest BCUT2D eigenvalue weighted by Gasteiger charge is 2.25. The summed E-state index contributed by atoms with van der Waals surface area (Å²) in [4.78, 5) is 31.0. The third-order valence-corrected chi connectivity index (χ3v) is 6.04. The monoisotopic (exact) mass is 407 g/mol. The minimum Gasteiger partial charge on any atom is -0.497 e. The lowest BCUT2D eigenvalue weighted by Crippen LogP contribution is -2.35. The number of amides is 2.